The Bertz CT molecular complexity index is 902. The van der Waals surface area contributed by atoms with Gasteiger partial charge in [0, 0.05) is 24.2 Å². The van der Waals surface area contributed by atoms with Gasteiger partial charge in [0.1, 0.15) is 0 Å². The molecular weight excluding hydrogens is 360 g/mol. The van der Waals surface area contributed by atoms with Gasteiger partial charge >= 0.3 is 0 Å². The third-order valence-electron chi connectivity index (χ3n) is 4.51. The van der Waals surface area contributed by atoms with Crippen molar-refractivity contribution in [2.24, 2.45) is 0 Å². The van der Waals surface area contributed by atoms with Crippen molar-refractivity contribution in [3.05, 3.63) is 58.3 Å². The predicted octanol–water partition coefficient (Wildman–Crippen LogP) is 3.17. The molecule has 3 rings (SSSR count). The highest BCUT2D eigenvalue weighted by Gasteiger charge is 2.15. The van der Waals surface area contributed by atoms with E-state index in [1.807, 2.05) is 44.2 Å². The maximum absolute atomic E-state index is 12.3. The zero-order valence-electron chi connectivity index (χ0n) is 15.9. The number of sulfonamides is 1. The number of nitrogens with zero attached hydrogens (tertiary/aromatic N) is 3. The average molecular weight is 387 g/mol. The van der Waals surface area contributed by atoms with Crippen molar-refractivity contribution in [1.29, 1.82) is 0 Å². The number of nitrogens with one attached hydrogen (secondary N) is 1. The Balaban J connectivity index is 1.66. The SMILES string of the molecule is Cc1ccc(/C=C/S(=O)(=O)NCc2cc(C)nc(N3CCCCC3)n2)cc1. The molecule has 1 aromatic carbocycles. The molecular formula is C20H26N4O2S. The summed E-state index contributed by atoms with van der Waals surface area (Å²) in [4.78, 5) is 11.2. The molecule has 1 aliphatic rings. The van der Waals surface area contributed by atoms with Gasteiger partial charge < -0.3 is 4.90 Å². The summed E-state index contributed by atoms with van der Waals surface area (Å²) in [6, 6.07) is 9.50. The normalized spacial score (nSPS) is 15.4. The summed E-state index contributed by atoms with van der Waals surface area (Å²) in [5.41, 5.74) is 3.50. The van der Waals surface area contributed by atoms with Crippen LogP contribution in [0.25, 0.3) is 6.08 Å². The summed E-state index contributed by atoms with van der Waals surface area (Å²) in [5.74, 6) is 0.694. The van der Waals surface area contributed by atoms with E-state index in [0.717, 1.165) is 42.8 Å². The van der Waals surface area contributed by atoms with E-state index < -0.39 is 10.0 Å². The number of hydrogen-bond acceptors (Lipinski definition) is 5. The molecule has 0 unspecified atom stereocenters. The van der Waals surface area contributed by atoms with E-state index in [-0.39, 0.29) is 6.54 Å². The van der Waals surface area contributed by atoms with Crippen LogP contribution in [0.2, 0.25) is 0 Å². The van der Waals surface area contributed by atoms with Crippen LogP contribution in [-0.2, 0) is 16.6 Å². The number of rotatable bonds is 6. The van der Waals surface area contributed by atoms with Crippen LogP contribution in [0.15, 0.2) is 35.7 Å². The maximum atomic E-state index is 12.3. The second-order valence-corrected chi connectivity index (χ2v) is 8.58. The minimum atomic E-state index is -3.54. The lowest BCUT2D eigenvalue weighted by Gasteiger charge is -2.27. The van der Waals surface area contributed by atoms with Crippen LogP contribution in [0.4, 0.5) is 5.95 Å². The molecule has 7 heteroatoms. The minimum Gasteiger partial charge on any atom is -0.341 e. The lowest BCUT2D eigenvalue weighted by Crippen LogP contribution is -2.31. The van der Waals surface area contributed by atoms with E-state index in [4.69, 9.17) is 0 Å². The Morgan fingerprint density at radius 3 is 2.48 bits per heavy atom. The van der Waals surface area contributed by atoms with Crippen molar-refractivity contribution < 1.29 is 8.42 Å². The standard InChI is InChI=1S/C20H26N4O2S/c1-16-6-8-18(9-7-16)10-13-27(25,26)21-15-19-14-17(2)22-20(23-19)24-11-4-3-5-12-24/h6-10,13-14,21H,3-5,11-12,15H2,1-2H3/b13-10+. The van der Waals surface area contributed by atoms with E-state index in [9.17, 15) is 8.42 Å². The number of benzene rings is 1. The van der Waals surface area contributed by atoms with Crippen LogP contribution in [-0.4, -0.2) is 31.5 Å². The Morgan fingerprint density at radius 2 is 1.78 bits per heavy atom. The van der Waals surface area contributed by atoms with Crippen LogP contribution in [0.5, 0.6) is 0 Å². The van der Waals surface area contributed by atoms with E-state index in [0.29, 0.717) is 11.6 Å². The van der Waals surface area contributed by atoms with E-state index in [1.165, 1.54) is 11.8 Å². The lowest BCUT2D eigenvalue weighted by molar-refractivity contribution is 0.565. The number of piperidine rings is 1. The van der Waals surface area contributed by atoms with E-state index in [1.54, 1.807) is 6.08 Å². The van der Waals surface area contributed by atoms with Crippen molar-refractivity contribution in [2.45, 2.75) is 39.7 Å². The quantitative estimate of drug-likeness (QED) is 0.825. The molecule has 6 nitrogen and oxygen atoms in total. The number of anilines is 1. The largest absolute Gasteiger partial charge is 0.341 e. The highest BCUT2D eigenvalue weighted by atomic mass is 32.2. The van der Waals surface area contributed by atoms with E-state index >= 15 is 0 Å². The highest BCUT2D eigenvalue weighted by Crippen LogP contribution is 2.16. The first kappa shape index (κ1) is 19.5. The molecule has 2 aromatic rings. The van der Waals surface area contributed by atoms with Crippen molar-refractivity contribution >= 4 is 22.0 Å². The molecule has 0 aliphatic carbocycles. The number of aromatic nitrogens is 2. The molecule has 0 spiro atoms. The second-order valence-electron chi connectivity index (χ2n) is 6.93. The molecule has 0 amide bonds. The molecule has 1 saturated heterocycles. The summed E-state index contributed by atoms with van der Waals surface area (Å²) in [6.45, 7) is 5.95. The summed E-state index contributed by atoms with van der Waals surface area (Å²) in [7, 11) is -3.54. The predicted molar refractivity (Wildman–Crippen MR) is 109 cm³/mol. The zero-order chi connectivity index (χ0) is 19.3. The molecule has 1 aromatic heterocycles. The minimum absolute atomic E-state index is 0.144. The van der Waals surface area contributed by atoms with Crippen LogP contribution >= 0.6 is 0 Å². The first-order valence-corrected chi connectivity index (χ1v) is 10.8. The van der Waals surface area contributed by atoms with Crippen molar-refractivity contribution in [2.75, 3.05) is 18.0 Å². The molecule has 2 heterocycles. The second kappa shape index (κ2) is 8.63. The van der Waals surface area contributed by atoms with Gasteiger partial charge in [-0.25, -0.2) is 23.1 Å². The van der Waals surface area contributed by atoms with Crippen LogP contribution in [0.1, 0.15) is 41.8 Å². The Kier molecular flexibility index (Phi) is 6.23. The lowest BCUT2D eigenvalue weighted by atomic mass is 10.1. The molecule has 0 bridgehead atoms. The fraction of sp³-hybridized carbons (Fsp3) is 0.400. The van der Waals surface area contributed by atoms with E-state index in [2.05, 4.69) is 19.6 Å². The topological polar surface area (TPSA) is 75.2 Å². The molecule has 27 heavy (non-hydrogen) atoms. The molecule has 0 atom stereocenters. The molecule has 1 fully saturated rings. The Labute approximate surface area is 161 Å². The van der Waals surface area contributed by atoms with Crippen LogP contribution < -0.4 is 9.62 Å². The van der Waals surface area contributed by atoms with Crippen LogP contribution in [0, 0.1) is 13.8 Å². The highest BCUT2D eigenvalue weighted by molar-refractivity contribution is 7.92. The van der Waals surface area contributed by atoms with Gasteiger partial charge in [-0.05, 0) is 50.8 Å². The number of aryl methyl sites for hydroxylation is 2. The van der Waals surface area contributed by atoms with Crippen LogP contribution in [0.3, 0.4) is 0 Å². The first-order chi connectivity index (χ1) is 12.9. The molecule has 144 valence electrons. The number of hydrogen-bond donors (Lipinski definition) is 1. The van der Waals surface area contributed by atoms with Gasteiger partial charge in [-0.15, -0.1) is 0 Å². The van der Waals surface area contributed by atoms with Gasteiger partial charge in [0.2, 0.25) is 16.0 Å². The maximum Gasteiger partial charge on any atom is 0.234 e. The van der Waals surface area contributed by atoms with Gasteiger partial charge in [0.05, 0.1) is 12.2 Å². The van der Waals surface area contributed by atoms with Gasteiger partial charge in [0.25, 0.3) is 0 Å². The summed E-state index contributed by atoms with van der Waals surface area (Å²) in [6.07, 6.45) is 5.11. The zero-order valence-corrected chi connectivity index (χ0v) is 16.7. The summed E-state index contributed by atoms with van der Waals surface area (Å²) >= 11 is 0. The van der Waals surface area contributed by atoms with Crippen molar-refractivity contribution in [3.8, 4) is 0 Å². The van der Waals surface area contributed by atoms with Crippen molar-refractivity contribution in [3.63, 3.8) is 0 Å². The van der Waals surface area contributed by atoms with Gasteiger partial charge in [-0.1, -0.05) is 29.8 Å². The van der Waals surface area contributed by atoms with Gasteiger partial charge in [0.15, 0.2) is 0 Å². The Hall–Kier alpha value is -2.25. The van der Waals surface area contributed by atoms with Crippen molar-refractivity contribution in [1.82, 2.24) is 14.7 Å². The monoisotopic (exact) mass is 386 g/mol. The smallest absolute Gasteiger partial charge is 0.234 e. The molecule has 0 radical (unpaired) electrons. The third kappa shape index (κ3) is 5.87. The fourth-order valence-corrected chi connectivity index (χ4v) is 3.79. The molecule has 1 N–H and O–H groups in total. The van der Waals surface area contributed by atoms with Gasteiger partial charge in [-0.3, -0.25) is 0 Å². The first-order valence-electron chi connectivity index (χ1n) is 9.25. The molecule has 1 aliphatic heterocycles. The molecule has 0 saturated carbocycles. The summed E-state index contributed by atoms with van der Waals surface area (Å²) in [5, 5.41) is 1.19. The summed E-state index contributed by atoms with van der Waals surface area (Å²) < 4.78 is 27.1. The third-order valence-corrected chi connectivity index (χ3v) is 5.55. The average Bonchev–Trinajstić information content (AvgIpc) is 2.66. The Morgan fingerprint density at radius 1 is 1.07 bits per heavy atom. The van der Waals surface area contributed by atoms with Gasteiger partial charge in [-0.2, -0.15) is 0 Å². The fourth-order valence-electron chi connectivity index (χ4n) is 3.01.